The van der Waals surface area contributed by atoms with Gasteiger partial charge >= 0.3 is 0 Å². The first kappa shape index (κ1) is 20.7. The smallest absolute Gasteiger partial charge is 0.232 e. The summed E-state index contributed by atoms with van der Waals surface area (Å²) in [4.78, 5) is 11.6. The van der Waals surface area contributed by atoms with Crippen LogP contribution in [0.3, 0.4) is 0 Å². The van der Waals surface area contributed by atoms with Crippen LogP contribution in [0.4, 0.5) is 5.82 Å². The number of hydrogen-bond donors (Lipinski definition) is 2. The molecule has 6 heteroatoms. The Morgan fingerprint density at radius 1 is 0.938 bits per heavy atom. The number of anilines is 1. The molecule has 0 bridgehead atoms. The normalized spacial score (nSPS) is 19.3. The number of nitrogens with one attached hydrogen (secondary N) is 2. The summed E-state index contributed by atoms with van der Waals surface area (Å²) in [6.07, 6.45) is 1.58. The van der Waals surface area contributed by atoms with Crippen LogP contribution in [0.25, 0.3) is 33.6 Å². The van der Waals surface area contributed by atoms with Crippen LogP contribution in [0, 0.1) is 0 Å². The van der Waals surface area contributed by atoms with Crippen LogP contribution in [0.1, 0.15) is 13.8 Å². The molecule has 1 saturated heterocycles. The Morgan fingerprint density at radius 3 is 2.28 bits per heavy atom. The van der Waals surface area contributed by atoms with Crippen molar-refractivity contribution in [2.24, 2.45) is 0 Å². The van der Waals surface area contributed by atoms with Gasteiger partial charge in [-0.3, -0.25) is 4.90 Å². The molecule has 1 aliphatic rings. The second-order valence-corrected chi connectivity index (χ2v) is 8.60. The summed E-state index contributed by atoms with van der Waals surface area (Å²) in [5.74, 6) is 1.64. The summed E-state index contributed by atoms with van der Waals surface area (Å²) in [6.45, 7) is 8.38. The van der Waals surface area contributed by atoms with Crippen LogP contribution in [-0.2, 0) is 0 Å². The predicted molar refractivity (Wildman–Crippen MR) is 130 cm³/mol. The van der Waals surface area contributed by atoms with Gasteiger partial charge in [-0.2, -0.15) is 0 Å². The van der Waals surface area contributed by atoms with Gasteiger partial charge in [0.15, 0.2) is 0 Å². The minimum atomic E-state index is 0.511. The van der Waals surface area contributed by atoms with Gasteiger partial charge in [0.2, 0.25) is 5.71 Å². The van der Waals surface area contributed by atoms with E-state index in [4.69, 9.17) is 4.42 Å². The third kappa shape index (κ3) is 4.24. The second kappa shape index (κ2) is 9.10. The fraction of sp³-hybridized carbons (Fsp3) is 0.308. The number of piperazine rings is 1. The molecule has 0 radical (unpaired) electrons. The van der Waals surface area contributed by atoms with E-state index in [9.17, 15) is 0 Å². The largest absolute Gasteiger partial charge is 0.437 e. The molecule has 1 fully saturated rings. The van der Waals surface area contributed by atoms with Gasteiger partial charge in [-0.15, -0.1) is 0 Å². The summed E-state index contributed by atoms with van der Waals surface area (Å²) in [7, 11) is 0. The first-order valence-electron chi connectivity index (χ1n) is 11.3. The highest BCUT2D eigenvalue weighted by atomic mass is 16.3. The lowest BCUT2D eigenvalue weighted by molar-refractivity contribution is 0.179. The van der Waals surface area contributed by atoms with E-state index in [1.165, 1.54) is 0 Å². The summed E-state index contributed by atoms with van der Waals surface area (Å²) >= 11 is 0. The Kier molecular flexibility index (Phi) is 5.88. The third-order valence-electron chi connectivity index (χ3n) is 5.94. The molecule has 32 heavy (non-hydrogen) atoms. The molecular weight excluding hydrogens is 398 g/mol. The van der Waals surface area contributed by atoms with E-state index < -0.39 is 0 Å². The zero-order valence-corrected chi connectivity index (χ0v) is 18.6. The molecule has 2 unspecified atom stereocenters. The summed E-state index contributed by atoms with van der Waals surface area (Å²) < 4.78 is 6.29. The fourth-order valence-electron chi connectivity index (χ4n) is 4.70. The number of aromatic nitrogens is 2. The van der Waals surface area contributed by atoms with E-state index in [2.05, 4.69) is 63.6 Å². The van der Waals surface area contributed by atoms with E-state index in [0.29, 0.717) is 17.8 Å². The number of fused-ring (bicyclic) bond motifs is 1. The van der Waals surface area contributed by atoms with Crippen molar-refractivity contribution in [3.05, 3.63) is 67.0 Å². The number of benzene rings is 2. The minimum Gasteiger partial charge on any atom is -0.437 e. The third-order valence-corrected chi connectivity index (χ3v) is 5.94. The van der Waals surface area contributed by atoms with Crippen LogP contribution in [0.15, 0.2) is 71.4 Å². The molecule has 2 aromatic heterocycles. The fourth-order valence-corrected chi connectivity index (χ4v) is 4.70. The van der Waals surface area contributed by atoms with E-state index in [0.717, 1.165) is 59.8 Å². The van der Waals surface area contributed by atoms with E-state index in [1.807, 2.05) is 36.4 Å². The number of nitrogens with zero attached hydrogens (tertiary/aromatic N) is 3. The average Bonchev–Trinajstić information content (AvgIpc) is 3.20. The van der Waals surface area contributed by atoms with Crippen molar-refractivity contribution in [1.82, 2.24) is 20.2 Å². The van der Waals surface area contributed by atoms with Gasteiger partial charge in [-0.25, -0.2) is 9.97 Å². The van der Waals surface area contributed by atoms with Crippen molar-refractivity contribution in [1.29, 1.82) is 0 Å². The number of hydrogen-bond acceptors (Lipinski definition) is 6. The highest BCUT2D eigenvalue weighted by Gasteiger charge is 2.23. The SMILES string of the molecule is CC1CN(CCNc2ncnc3oc(-c4ccccc4)c(-c4ccccc4)c23)CC(C)N1. The monoisotopic (exact) mass is 427 g/mol. The van der Waals surface area contributed by atoms with Gasteiger partial charge in [0.25, 0.3) is 0 Å². The number of furan rings is 1. The average molecular weight is 428 g/mol. The molecule has 5 rings (SSSR count). The van der Waals surface area contributed by atoms with Crippen LogP contribution < -0.4 is 10.6 Å². The van der Waals surface area contributed by atoms with Crippen molar-refractivity contribution < 1.29 is 4.42 Å². The molecule has 3 heterocycles. The van der Waals surface area contributed by atoms with Crippen molar-refractivity contribution in [2.45, 2.75) is 25.9 Å². The molecule has 0 saturated carbocycles. The predicted octanol–water partition coefficient (Wildman–Crippen LogP) is 4.65. The standard InChI is InChI=1S/C26H29N5O/c1-18-15-31(16-19(2)30-18)14-13-27-25-23-22(20-9-5-3-6-10-20)24(21-11-7-4-8-12-21)32-26(23)29-17-28-25/h3-12,17-19,30H,13-16H2,1-2H3,(H,27,28,29). The number of rotatable bonds is 6. The highest BCUT2D eigenvalue weighted by molar-refractivity contribution is 6.05. The van der Waals surface area contributed by atoms with Crippen molar-refractivity contribution in [2.75, 3.05) is 31.5 Å². The zero-order chi connectivity index (χ0) is 21.9. The summed E-state index contributed by atoms with van der Waals surface area (Å²) in [5.41, 5.74) is 3.75. The molecular formula is C26H29N5O. The molecule has 2 N–H and O–H groups in total. The second-order valence-electron chi connectivity index (χ2n) is 8.60. The maximum Gasteiger partial charge on any atom is 0.232 e. The first-order chi connectivity index (χ1) is 15.7. The van der Waals surface area contributed by atoms with Crippen LogP contribution >= 0.6 is 0 Å². The maximum absolute atomic E-state index is 6.29. The first-order valence-corrected chi connectivity index (χ1v) is 11.3. The van der Waals surface area contributed by atoms with Crippen LogP contribution in [0.5, 0.6) is 0 Å². The summed E-state index contributed by atoms with van der Waals surface area (Å²) in [5, 5.41) is 8.09. The molecule has 0 spiro atoms. The molecule has 2 atom stereocenters. The molecule has 0 aliphatic carbocycles. The van der Waals surface area contributed by atoms with Gasteiger partial charge in [0, 0.05) is 49.4 Å². The van der Waals surface area contributed by atoms with Crippen molar-refractivity contribution in [3.8, 4) is 22.5 Å². The maximum atomic E-state index is 6.29. The molecule has 2 aromatic carbocycles. The van der Waals surface area contributed by atoms with Gasteiger partial charge in [-0.1, -0.05) is 60.7 Å². The molecule has 0 amide bonds. The van der Waals surface area contributed by atoms with Gasteiger partial charge < -0.3 is 15.1 Å². The van der Waals surface area contributed by atoms with E-state index in [1.54, 1.807) is 6.33 Å². The Morgan fingerprint density at radius 2 is 1.59 bits per heavy atom. The quantitative estimate of drug-likeness (QED) is 0.467. The van der Waals surface area contributed by atoms with E-state index in [-0.39, 0.29) is 0 Å². The van der Waals surface area contributed by atoms with Gasteiger partial charge in [0.05, 0.1) is 5.39 Å². The lowest BCUT2D eigenvalue weighted by Gasteiger charge is -2.36. The molecule has 1 aliphatic heterocycles. The van der Waals surface area contributed by atoms with E-state index >= 15 is 0 Å². The zero-order valence-electron chi connectivity index (χ0n) is 18.6. The Hall–Kier alpha value is -3.22. The van der Waals surface area contributed by atoms with Gasteiger partial charge in [0.1, 0.15) is 17.9 Å². The van der Waals surface area contributed by atoms with Crippen molar-refractivity contribution >= 4 is 16.9 Å². The molecule has 4 aromatic rings. The van der Waals surface area contributed by atoms with Crippen LogP contribution in [-0.4, -0.2) is 53.1 Å². The Bertz CT molecular complexity index is 1170. The topological polar surface area (TPSA) is 66.2 Å². The minimum absolute atomic E-state index is 0.511. The lowest BCUT2D eigenvalue weighted by atomic mass is 9.99. The Labute approximate surface area is 188 Å². The van der Waals surface area contributed by atoms with Crippen LogP contribution in [0.2, 0.25) is 0 Å². The molecule has 164 valence electrons. The van der Waals surface area contributed by atoms with Crippen molar-refractivity contribution in [3.63, 3.8) is 0 Å². The lowest BCUT2D eigenvalue weighted by Crippen LogP contribution is -2.54. The highest BCUT2D eigenvalue weighted by Crippen LogP contribution is 2.42. The summed E-state index contributed by atoms with van der Waals surface area (Å²) in [6, 6.07) is 21.6. The Balaban J connectivity index is 1.49. The van der Waals surface area contributed by atoms with Gasteiger partial charge in [-0.05, 0) is 19.4 Å². The molecule has 6 nitrogen and oxygen atoms in total.